The second-order valence-corrected chi connectivity index (χ2v) is 6.98. The van der Waals surface area contributed by atoms with Gasteiger partial charge in [0.1, 0.15) is 5.52 Å². The van der Waals surface area contributed by atoms with Gasteiger partial charge in [0.25, 0.3) is 0 Å². The number of amides is 1. The number of benzene rings is 1. The molecule has 1 aliphatic heterocycles. The third-order valence-electron chi connectivity index (χ3n) is 4.19. The maximum Gasteiger partial charge on any atom is 0.304 e. The van der Waals surface area contributed by atoms with Crippen molar-refractivity contribution in [3.05, 3.63) is 30.2 Å². The number of carbonyl (C=O) groups excluding carboxylic acids is 1. The van der Waals surface area contributed by atoms with Crippen LogP contribution in [0, 0.1) is 0 Å². The second-order valence-electron chi connectivity index (χ2n) is 5.87. The fourth-order valence-electron chi connectivity index (χ4n) is 2.85. The number of likely N-dealkylation sites (tertiary alicyclic amines) is 1. The number of piperidine rings is 1. The Morgan fingerprint density at radius 1 is 1.29 bits per heavy atom. The lowest BCUT2D eigenvalue weighted by Crippen LogP contribution is -2.39. The summed E-state index contributed by atoms with van der Waals surface area (Å²) in [6, 6.07) is 7.73. The highest BCUT2D eigenvalue weighted by atomic mass is 32.2. The van der Waals surface area contributed by atoms with Gasteiger partial charge in [0.15, 0.2) is 11.5 Å². The molecule has 0 spiro atoms. The summed E-state index contributed by atoms with van der Waals surface area (Å²) in [7, 11) is 0. The van der Waals surface area contributed by atoms with Gasteiger partial charge in [-0.05, 0) is 25.0 Å². The molecule has 2 heterocycles. The number of aromatic nitrogens is 1. The van der Waals surface area contributed by atoms with E-state index in [0.717, 1.165) is 29.8 Å². The third kappa shape index (κ3) is 4.08. The van der Waals surface area contributed by atoms with E-state index in [-0.39, 0.29) is 18.2 Å². The van der Waals surface area contributed by atoms with Gasteiger partial charge in [-0.1, -0.05) is 12.1 Å². The number of carboxylic acid groups (broad SMARTS) is 1. The molecule has 24 heavy (non-hydrogen) atoms. The molecule has 2 aromatic rings. The van der Waals surface area contributed by atoms with Crippen molar-refractivity contribution in [3.8, 4) is 0 Å². The quantitative estimate of drug-likeness (QED) is 0.808. The normalized spacial score (nSPS) is 15.8. The molecule has 0 saturated carbocycles. The van der Waals surface area contributed by atoms with Crippen LogP contribution in [0.25, 0.3) is 11.1 Å². The number of para-hydroxylation sites is 2. The molecule has 6 nitrogen and oxygen atoms in total. The first-order valence-corrected chi connectivity index (χ1v) is 9.22. The molecule has 0 unspecified atom stereocenters. The van der Waals surface area contributed by atoms with E-state index < -0.39 is 5.97 Å². The molecule has 0 bridgehead atoms. The molecule has 1 amide bonds. The maximum absolute atomic E-state index is 12.1. The lowest BCUT2D eigenvalue weighted by Gasteiger charge is -2.30. The number of oxazole rings is 1. The van der Waals surface area contributed by atoms with E-state index >= 15 is 0 Å². The highest BCUT2D eigenvalue weighted by Gasteiger charge is 2.26. The van der Waals surface area contributed by atoms with E-state index in [1.807, 2.05) is 29.2 Å². The molecule has 128 valence electrons. The van der Waals surface area contributed by atoms with Crippen molar-refractivity contribution in [2.75, 3.05) is 24.6 Å². The van der Waals surface area contributed by atoms with Crippen LogP contribution < -0.4 is 0 Å². The number of aliphatic carboxylic acids is 1. The summed E-state index contributed by atoms with van der Waals surface area (Å²) in [6.07, 6.45) is 1.79. The Morgan fingerprint density at radius 3 is 2.75 bits per heavy atom. The molecule has 0 radical (unpaired) electrons. The van der Waals surface area contributed by atoms with Crippen LogP contribution in [0.5, 0.6) is 0 Å². The van der Waals surface area contributed by atoms with Gasteiger partial charge in [0.2, 0.25) is 5.91 Å². The molecular weight excluding hydrogens is 328 g/mol. The average Bonchev–Trinajstić information content (AvgIpc) is 3.02. The van der Waals surface area contributed by atoms with Crippen molar-refractivity contribution < 1.29 is 19.1 Å². The van der Waals surface area contributed by atoms with E-state index in [1.54, 1.807) is 0 Å². The number of nitrogens with zero attached hydrogens (tertiary/aromatic N) is 2. The summed E-state index contributed by atoms with van der Waals surface area (Å²) in [4.78, 5) is 29.0. The van der Waals surface area contributed by atoms with Crippen LogP contribution in [-0.2, 0) is 9.59 Å². The molecule has 1 N–H and O–H groups in total. The highest BCUT2D eigenvalue weighted by Crippen LogP contribution is 2.30. The van der Waals surface area contributed by atoms with Crippen LogP contribution in [0.2, 0.25) is 0 Å². The Bertz CT molecular complexity index is 689. The summed E-state index contributed by atoms with van der Waals surface area (Å²) < 4.78 is 5.83. The number of thioether (sulfide) groups is 1. The maximum atomic E-state index is 12.1. The number of carbonyl (C=O) groups is 2. The van der Waals surface area contributed by atoms with Crippen LogP contribution in [0.4, 0.5) is 0 Å². The van der Waals surface area contributed by atoms with Crippen molar-refractivity contribution in [1.29, 1.82) is 0 Å². The zero-order valence-electron chi connectivity index (χ0n) is 13.3. The number of fused-ring (bicyclic) bond motifs is 1. The molecule has 1 aromatic carbocycles. The fraction of sp³-hybridized carbons (Fsp3) is 0.471. The predicted molar refractivity (Wildman–Crippen MR) is 92.1 cm³/mol. The van der Waals surface area contributed by atoms with Gasteiger partial charge in [0.05, 0.1) is 12.2 Å². The number of carboxylic acids is 1. The summed E-state index contributed by atoms with van der Waals surface area (Å²) in [5.74, 6) is 1.09. The standard InChI is InChI=1S/C17H20N2O4S/c20-15(11-24-10-7-16(21)22)19-8-5-12(6-9-19)17-18-13-3-1-2-4-14(13)23-17/h1-4,12H,5-11H2,(H,21,22). The Kier molecular flexibility index (Phi) is 5.40. The predicted octanol–water partition coefficient (Wildman–Crippen LogP) is 2.74. The van der Waals surface area contributed by atoms with Crippen molar-refractivity contribution in [3.63, 3.8) is 0 Å². The van der Waals surface area contributed by atoms with Gasteiger partial charge in [-0.25, -0.2) is 4.98 Å². The van der Waals surface area contributed by atoms with Gasteiger partial charge >= 0.3 is 5.97 Å². The van der Waals surface area contributed by atoms with Crippen LogP contribution in [0.1, 0.15) is 31.1 Å². The molecule has 1 saturated heterocycles. The van der Waals surface area contributed by atoms with Gasteiger partial charge < -0.3 is 14.4 Å². The first-order valence-electron chi connectivity index (χ1n) is 8.06. The lowest BCUT2D eigenvalue weighted by atomic mass is 9.97. The zero-order chi connectivity index (χ0) is 16.9. The highest BCUT2D eigenvalue weighted by molar-refractivity contribution is 7.99. The van der Waals surface area contributed by atoms with Crippen LogP contribution >= 0.6 is 11.8 Å². The molecule has 0 aliphatic carbocycles. The summed E-state index contributed by atoms with van der Waals surface area (Å²) >= 11 is 1.38. The molecule has 1 fully saturated rings. The van der Waals surface area contributed by atoms with Crippen LogP contribution in [0.15, 0.2) is 28.7 Å². The molecular formula is C17H20N2O4S. The Hall–Kier alpha value is -2.02. The van der Waals surface area contributed by atoms with Gasteiger partial charge in [-0.15, -0.1) is 0 Å². The van der Waals surface area contributed by atoms with Crippen molar-refractivity contribution in [1.82, 2.24) is 9.88 Å². The third-order valence-corrected chi connectivity index (χ3v) is 5.14. The van der Waals surface area contributed by atoms with E-state index in [0.29, 0.717) is 24.6 Å². The molecule has 3 rings (SSSR count). The number of hydrogen-bond donors (Lipinski definition) is 1. The van der Waals surface area contributed by atoms with Gasteiger partial charge in [-0.2, -0.15) is 11.8 Å². The Labute approximate surface area is 144 Å². The fourth-order valence-corrected chi connectivity index (χ4v) is 3.67. The van der Waals surface area contributed by atoms with Gasteiger partial charge in [-0.3, -0.25) is 9.59 Å². The molecule has 0 atom stereocenters. The van der Waals surface area contributed by atoms with E-state index in [2.05, 4.69) is 4.98 Å². The minimum atomic E-state index is -0.825. The van der Waals surface area contributed by atoms with E-state index in [9.17, 15) is 9.59 Å². The smallest absolute Gasteiger partial charge is 0.304 e. The lowest BCUT2D eigenvalue weighted by molar-refractivity contribution is -0.136. The van der Waals surface area contributed by atoms with Crippen LogP contribution in [0.3, 0.4) is 0 Å². The zero-order valence-corrected chi connectivity index (χ0v) is 14.1. The monoisotopic (exact) mass is 348 g/mol. The van der Waals surface area contributed by atoms with Crippen molar-refractivity contribution in [2.45, 2.75) is 25.2 Å². The Morgan fingerprint density at radius 2 is 2.04 bits per heavy atom. The summed E-state index contributed by atoms with van der Waals surface area (Å²) in [5, 5.41) is 8.59. The largest absolute Gasteiger partial charge is 0.481 e. The summed E-state index contributed by atoms with van der Waals surface area (Å²) in [5.41, 5.74) is 1.68. The first kappa shape index (κ1) is 16.8. The first-order chi connectivity index (χ1) is 11.6. The molecule has 1 aromatic heterocycles. The van der Waals surface area contributed by atoms with Crippen molar-refractivity contribution in [2.24, 2.45) is 0 Å². The molecule has 1 aliphatic rings. The average molecular weight is 348 g/mol. The van der Waals surface area contributed by atoms with Gasteiger partial charge in [0, 0.05) is 24.8 Å². The van der Waals surface area contributed by atoms with E-state index in [4.69, 9.17) is 9.52 Å². The summed E-state index contributed by atoms with van der Waals surface area (Å²) in [6.45, 7) is 1.39. The van der Waals surface area contributed by atoms with E-state index in [1.165, 1.54) is 11.8 Å². The Balaban J connectivity index is 1.48. The molecule has 7 heteroatoms. The minimum Gasteiger partial charge on any atom is -0.481 e. The second kappa shape index (κ2) is 7.70. The minimum absolute atomic E-state index is 0.0846. The van der Waals surface area contributed by atoms with Crippen molar-refractivity contribution >= 4 is 34.7 Å². The van der Waals surface area contributed by atoms with Crippen LogP contribution in [-0.4, -0.2) is 51.5 Å². The number of hydrogen-bond acceptors (Lipinski definition) is 5. The SMILES string of the molecule is O=C(O)CCSCC(=O)N1CCC(c2nc3ccccc3o2)CC1. The number of rotatable bonds is 6. The topological polar surface area (TPSA) is 83.6 Å².